The Bertz CT molecular complexity index is 1040. The Morgan fingerprint density at radius 1 is 1.28 bits per heavy atom. The third-order valence-electron chi connectivity index (χ3n) is 3.86. The van der Waals surface area contributed by atoms with Crippen molar-refractivity contribution in [2.45, 2.75) is 12.8 Å². The molecule has 0 spiro atoms. The Kier molecular flexibility index (Phi) is 5.59. The number of alkyl halides is 3. The fourth-order valence-corrected chi connectivity index (χ4v) is 3.58. The van der Waals surface area contributed by atoms with E-state index in [1.54, 1.807) is 30.3 Å². The average molecular weight is 425 g/mol. The third-order valence-corrected chi connectivity index (χ3v) is 4.86. The minimum absolute atomic E-state index is 0.0251. The number of aryl methyl sites for hydroxylation is 1. The van der Waals surface area contributed by atoms with Crippen molar-refractivity contribution >= 4 is 29.1 Å². The number of amides is 1. The molecular formula is C18H14F3N3O4S. The smallest absolute Gasteiger partial charge is 0.435 e. The van der Waals surface area contributed by atoms with Crippen LogP contribution in [0.1, 0.15) is 21.6 Å². The predicted molar refractivity (Wildman–Crippen MR) is 98.7 cm³/mol. The zero-order valence-corrected chi connectivity index (χ0v) is 15.7. The molecular weight excluding hydrogens is 411 g/mol. The van der Waals surface area contributed by atoms with Crippen molar-refractivity contribution in [3.05, 3.63) is 58.6 Å². The lowest BCUT2D eigenvalue weighted by Gasteiger charge is -2.07. The summed E-state index contributed by atoms with van der Waals surface area (Å²) < 4.78 is 44.7. The largest absolute Gasteiger partial charge is 0.478 e. The molecule has 0 aliphatic rings. The number of carbonyl (C=O) groups excluding carboxylic acids is 1. The van der Waals surface area contributed by atoms with E-state index in [4.69, 9.17) is 4.74 Å². The van der Waals surface area contributed by atoms with Crippen molar-refractivity contribution in [1.29, 1.82) is 0 Å². The highest BCUT2D eigenvalue weighted by Crippen LogP contribution is 2.38. The van der Waals surface area contributed by atoms with E-state index in [0.29, 0.717) is 0 Å². The lowest BCUT2D eigenvalue weighted by atomic mass is 10.1. The molecule has 2 aromatic heterocycles. The first-order valence-corrected chi connectivity index (χ1v) is 8.99. The second-order valence-corrected chi connectivity index (χ2v) is 6.76. The van der Waals surface area contributed by atoms with Gasteiger partial charge in [0.1, 0.15) is 12.2 Å². The molecule has 29 heavy (non-hydrogen) atoms. The monoisotopic (exact) mass is 425 g/mol. The fourth-order valence-electron chi connectivity index (χ4n) is 2.54. The molecule has 0 radical (unpaired) electrons. The molecule has 2 heterocycles. The molecule has 0 fully saturated rings. The van der Waals surface area contributed by atoms with Crippen LogP contribution in [0.2, 0.25) is 0 Å². The van der Waals surface area contributed by atoms with Gasteiger partial charge in [-0.15, -0.1) is 11.3 Å². The number of halogens is 3. The van der Waals surface area contributed by atoms with E-state index in [0.717, 1.165) is 27.6 Å². The van der Waals surface area contributed by atoms with Crippen LogP contribution in [0.4, 0.5) is 23.7 Å². The summed E-state index contributed by atoms with van der Waals surface area (Å²) in [7, 11) is 1.27. The Morgan fingerprint density at radius 3 is 2.55 bits per heavy atom. The summed E-state index contributed by atoms with van der Waals surface area (Å²) >= 11 is 0.873. The van der Waals surface area contributed by atoms with Crippen molar-refractivity contribution in [2.24, 2.45) is 7.05 Å². The normalized spacial score (nSPS) is 11.3. The second kappa shape index (κ2) is 7.95. The van der Waals surface area contributed by atoms with Crippen molar-refractivity contribution in [1.82, 2.24) is 9.78 Å². The number of rotatable bonds is 5. The lowest BCUT2D eigenvalue weighted by Crippen LogP contribution is -2.15. The van der Waals surface area contributed by atoms with Crippen molar-refractivity contribution in [2.75, 3.05) is 5.32 Å². The summed E-state index contributed by atoms with van der Waals surface area (Å²) in [6.07, 6.45) is -5.56. The number of nitrogens with zero attached hydrogens (tertiary/aromatic N) is 2. The fraction of sp³-hybridized carbons (Fsp3) is 0.167. The maximum absolute atomic E-state index is 12.9. The minimum Gasteiger partial charge on any atom is -0.478 e. The molecule has 0 atom stereocenters. The zero-order chi connectivity index (χ0) is 21.2. The number of ether oxygens (including phenoxy) is 1. The van der Waals surface area contributed by atoms with Crippen LogP contribution >= 0.6 is 11.3 Å². The molecule has 0 unspecified atom stereocenters. The van der Waals surface area contributed by atoms with Crippen LogP contribution < -0.4 is 5.32 Å². The molecule has 11 heteroatoms. The van der Waals surface area contributed by atoms with E-state index >= 15 is 0 Å². The Morgan fingerprint density at radius 2 is 1.97 bits per heavy atom. The molecule has 1 amide bonds. The molecule has 7 nitrogen and oxygen atoms in total. The van der Waals surface area contributed by atoms with Gasteiger partial charge in [0.15, 0.2) is 5.69 Å². The number of nitrogens with one attached hydrogen (secondary N) is 1. The Balaban J connectivity index is 1.83. The average Bonchev–Trinajstić information content (AvgIpc) is 3.24. The molecule has 3 rings (SSSR count). The summed E-state index contributed by atoms with van der Waals surface area (Å²) in [6, 6.07) is 9.60. The molecule has 2 N–H and O–H groups in total. The lowest BCUT2D eigenvalue weighted by molar-refractivity contribution is -0.141. The van der Waals surface area contributed by atoms with Gasteiger partial charge in [0.2, 0.25) is 0 Å². The van der Waals surface area contributed by atoms with E-state index in [9.17, 15) is 27.9 Å². The van der Waals surface area contributed by atoms with E-state index in [1.165, 1.54) is 12.4 Å². The van der Waals surface area contributed by atoms with Gasteiger partial charge in [0.25, 0.3) is 0 Å². The van der Waals surface area contributed by atoms with Gasteiger partial charge in [0.05, 0.1) is 16.3 Å². The van der Waals surface area contributed by atoms with E-state index in [-0.39, 0.29) is 28.4 Å². The van der Waals surface area contributed by atoms with E-state index < -0.39 is 23.9 Å². The number of carboxylic acids is 1. The Hall–Kier alpha value is -3.34. The SMILES string of the molecule is Cn1nc(C(F)(F)F)cc1-c1scc(NC(=O)OCc2ccccc2)c1C(=O)O. The van der Waals surface area contributed by atoms with Gasteiger partial charge < -0.3 is 9.84 Å². The van der Waals surface area contributed by atoms with Crippen LogP contribution in [0.3, 0.4) is 0 Å². The molecule has 0 aliphatic heterocycles. The summed E-state index contributed by atoms with van der Waals surface area (Å²) in [5, 5.41) is 16.6. The van der Waals surface area contributed by atoms with Gasteiger partial charge in [-0.2, -0.15) is 18.3 Å². The molecule has 1 aromatic carbocycles. The quantitative estimate of drug-likeness (QED) is 0.623. The van der Waals surface area contributed by atoms with Crippen LogP contribution in [0, 0.1) is 0 Å². The first-order valence-electron chi connectivity index (χ1n) is 8.11. The summed E-state index contributed by atoms with van der Waals surface area (Å²) in [4.78, 5) is 23.8. The zero-order valence-electron chi connectivity index (χ0n) is 14.9. The topological polar surface area (TPSA) is 93.5 Å². The molecule has 0 saturated heterocycles. The number of thiophene rings is 1. The van der Waals surface area contributed by atoms with Gasteiger partial charge in [-0.25, -0.2) is 9.59 Å². The number of benzene rings is 1. The van der Waals surface area contributed by atoms with Gasteiger partial charge >= 0.3 is 18.2 Å². The highest BCUT2D eigenvalue weighted by molar-refractivity contribution is 7.14. The molecule has 152 valence electrons. The second-order valence-electron chi connectivity index (χ2n) is 5.88. The summed E-state index contributed by atoms with van der Waals surface area (Å²) in [6.45, 7) is -0.0251. The Labute approximate surface area is 166 Å². The third kappa shape index (κ3) is 4.57. The number of hydrogen-bond acceptors (Lipinski definition) is 5. The van der Waals surface area contributed by atoms with Gasteiger partial charge in [-0.1, -0.05) is 30.3 Å². The maximum Gasteiger partial charge on any atom is 0.435 e. The molecule has 0 bridgehead atoms. The number of carbonyl (C=O) groups is 2. The molecule has 3 aromatic rings. The summed E-state index contributed by atoms with van der Waals surface area (Å²) in [5.74, 6) is -1.41. The summed E-state index contributed by atoms with van der Waals surface area (Å²) in [5.41, 5.74) is -0.864. The highest BCUT2D eigenvalue weighted by Gasteiger charge is 2.35. The maximum atomic E-state index is 12.9. The van der Waals surface area contributed by atoms with Crippen molar-refractivity contribution in [3.63, 3.8) is 0 Å². The molecule has 0 saturated carbocycles. The van der Waals surface area contributed by atoms with Gasteiger partial charge in [-0.05, 0) is 11.6 Å². The van der Waals surface area contributed by atoms with E-state index in [2.05, 4.69) is 10.4 Å². The van der Waals surface area contributed by atoms with E-state index in [1.807, 2.05) is 0 Å². The van der Waals surface area contributed by atoms with Crippen LogP contribution in [0.25, 0.3) is 10.6 Å². The first kappa shape index (κ1) is 20.4. The number of carboxylic acid groups (broad SMARTS) is 1. The number of aromatic carboxylic acids is 1. The number of aromatic nitrogens is 2. The standard InChI is InChI=1S/C18H14F3N3O4S/c1-24-12(7-13(23-24)18(19,20)21)15-14(16(25)26)11(9-29-15)22-17(27)28-8-10-5-3-2-4-6-10/h2-7,9H,8H2,1H3,(H,22,27)(H,25,26). The number of hydrogen-bond donors (Lipinski definition) is 2. The highest BCUT2D eigenvalue weighted by atomic mass is 32.1. The van der Waals surface area contributed by atoms with Gasteiger partial charge in [-0.3, -0.25) is 10.00 Å². The van der Waals surface area contributed by atoms with Crippen LogP contribution in [-0.2, 0) is 24.6 Å². The molecule has 0 aliphatic carbocycles. The van der Waals surface area contributed by atoms with Gasteiger partial charge in [0, 0.05) is 12.4 Å². The van der Waals surface area contributed by atoms with Crippen molar-refractivity contribution < 1.29 is 32.6 Å². The minimum atomic E-state index is -4.67. The first-order chi connectivity index (χ1) is 13.7. The van der Waals surface area contributed by atoms with Crippen LogP contribution in [0.15, 0.2) is 41.8 Å². The number of anilines is 1. The van der Waals surface area contributed by atoms with Crippen LogP contribution in [0.5, 0.6) is 0 Å². The van der Waals surface area contributed by atoms with Crippen molar-refractivity contribution in [3.8, 4) is 10.6 Å². The predicted octanol–water partition coefficient (Wildman–Crippen LogP) is 4.61. The van der Waals surface area contributed by atoms with Crippen LogP contribution in [-0.4, -0.2) is 26.9 Å².